The molecule has 1 aliphatic carbocycles. The van der Waals surface area contributed by atoms with Crippen molar-refractivity contribution in [3.8, 4) is 0 Å². The van der Waals surface area contributed by atoms with E-state index in [0.29, 0.717) is 36.1 Å². The Morgan fingerprint density at radius 1 is 1.03 bits per heavy atom. The Morgan fingerprint density at radius 3 is 2.38 bits per heavy atom. The van der Waals surface area contributed by atoms with E-state index in [9.17, 15) is 10.2 Å². The molecule has 0 saturated heterocycles. The molecule has 0 amide bonds. The summed E-state index contributed by atoms with van der Waals surface area (Å²) in [6.07, 6.45) is 4.53. The van der Waals surface area contributed by atoms with E-state index in [1.165, 1.54) is 17.5 Å². The van der Waals surface area contributed by atoms with Crippen molar-refractivity contribution in [1.82, 2.24) is 15.0 Å². The van der Waals surface area contributed by atoms with Crippen molar-refractivity contribution in [2.45, 2.75) is 65.6 Å². The number of aliphatic hydroxyl groups is 2. The highest BCUT2D eigenvalue weighted by Crippen LogP contribution is 2.39. The fourth-order valence-electron chi connectivity index (χ4n) is 4.43. The Morgan fingerprint density at radius 2 is 1.72 bits per heavy atom. The maximum Gasteiger partial charge on any atom is 0.229 e. The highest BCUT2D eigenvalue weighted by molar-refractivity contribution is 6.06. The van der Waals surface area contributed by atoms with Crippen LogP contribution in [0.5, 0.6) is 0 Å². The van der Waals surface area contributed by atoms with Crippen LogP contribution in [0.2, 0.25) is 0 Å². The summed E-state index contributed by atoms with van der Waals surface area (Å²) in [4.78, 5) is 15.7. The smallest absolute Gasteiger partial charge is 0.229 e. The summed E-state index contributed by atoms with van der Waals surface area (Å²) < 4.78 is 6.23. The number of pyridine rings is 1. The van der Waals surface area contributed by atoms with Gasteiger partial charge in [-0.2, -0.15) is 0 Å². The van der Waals surface area contributed by atoms with Gasteiger partial charge in [-0.25, -0.2) is 15.0 Å². The second-order valence-corrected chi connectivity index (χ2v) is 8.73. The Bertz CT molecular complexity index is 1020. The van der Waals surface area contributed by atoms with E-state index in [0.717, 1.165) is 42.3 Å². The van der Waals surface area contributed by atoms with Gasteiger partial charge in [0.2, 0.25) is 5.71 Å². The van der Waals surface area contributed by atoms with Crippen molar-refractivity contribution in [1.29, 1.82) is 0 Å². The molecule has 0 aliphatic heterocycles. The zero-order valence-corrected chi connectivity index (χ0v) is 17.6. The SMILES string of the molecule is CC(C)Cc1nc2oc3c(N(C[C@H](C)O)C[C@H](C)O)ncnc3c2c2c1CCC2. The van der Waals surface area contributed by atoms with E-state index in [1.54, 1.807) is 13.8 Å². The first-order valence-corrected chi connectivity index (χ1v) is 10.5. The van der Waals surface area contributed by atoms with Crippen LogP contribution in [0.1, 0.15) is 50.9 Å². The summed E-state index contributed by atoms with van der Waals surface area (Å²) in [6, 6.07) is 0. The Kier molecular flexibility index (Phi) is 5.44. The van der Waals surface area contributed by atoms with Crippen LogP contribution >= 0.6 is 0 Å². The first-order valence-electron chi connectivity index (χ1n) is 10.5. The summed E-state index contributed by atoms with van der Waals surface area (Å²) >= 11 is 0. The zero-order chi connectivity index (χ0) is 20.7. The number of aliphatic hydroxyl groups excluding tert-OH is 2. The van der Waals surface area contributed by atoms with Gasteiger partial charge in [-0.05, 0) is 56.6 Å². The second-order valence-electron chi connectivity index (χ2n) is 8.73. The van der Waals surface area contributed by atoms with Gasteiger partial charge in [0.15, 0.2) is 11.4 Å². The van der Waals surface area contributed by atoms with Gasteiger partial charge < -0.3 is 19.5 Å². The lowest BCUT2D eigenvalue weighted by molar-refractivity contribution is 0.178. The Labute approximate surface area is 170 Å². The van der Waals surface area contributed by atoms with Crippen molar-refractivity contribution in [3.05, 3.63) is 23.1 Å². The topological polar surface area (TPSA) is 95.5 Å². The molecule has 0 unspecified atom stereocenters. The lowest BCUT2D eigenvalue weighted by atomic mass is 9.99. The molecule has 29 heavy (non-hydrogen) atoms. The van der Waals surface area contributed by atoms with Crippen LogP contribution in [0.4, 0.5) is 5.82 Å². The Hall–Kier alpha value is -2.25. The quantitative estimate of drug-likeness (QED) is 0.631. The van der Waals surface area contributed by atoms with E-state index >= 15 is 0 Å². The third kappa shape index (κ3) is 3.81. The molecule has 4 rings (SSSR count). The molecule has 2 N–H and O–H groups in total. The number of fused-ring (bicyclic) bond motifs is 5. The van der Waals surface area contributed by atoms with Gasteiger partial charge >= 0.3 is 0 Å². The molecule has 0 saturated carbocycles. The number of aryl methyl sites for hydroxylation is 1. The molecular formula is C22H30N4O3. The van der Waals surface area contributed by atoms with Crippen LogP contribution in [-0.2, 0) is 19.3 Å². The second kappa shape index (κ2) is 7.88. The largest absolute Gasteiger partial charge is 0.432 e. The van der Waals surface area contributed by atoms with Gasteiger partial charge in [0, 0.05) is 18.8 Å². The molecule has 1 aliphatic rings. The van der Waals surface area contributed by atoms with Gasteiger partial charge in [-0.1, -0.05) is 13.8 Å². The number of rotatable bonds is 7. The fraction of sp³-hybridized carbons (Fsp3) is 0.591. The third-order valence-electron chi connectivity index (χ3n) is 5.41. The lowest BCUT2D eigenvalue weighted by Gasteiger charge is -2.26. The van der Waals surface area contributed by atoms with E-state index in [2.05, 4.69) is 23.8 Å². The molecule has 2 atom stereocenters. The average Bonchev–Trinajstić information content (AvgIpc) is 3.23. The number of hydrogen-bond acceptors (Lipinski definition) is 7. The zero-order valence-electron chi connectivity index (χ0n) is 17.6. The van der Waals surface area contributed by atoms with Crippen molar-refractivity contribution >= 4 is 28.0 Å². The van der Waals surface area contributed by atoms with E-state index in [4.69, 9.17) is 9.40 Å². The summed E-state index contributed by atoms with van der Waals surface area (Å²) in [6.45, 7) is 8.55. The normalized spacial score (nSPS) is 16.0. The van der Waals surface area contributed by atoms with E-state index < -0.39 is 12.2 Å². The first kappa shape index (κ1) is 20.0. The number of nitrogens with zero attached hydrogens (tertiary/aromatic N) is 4. The van der Waals surface area contributed by atoms with Crippen LogP contribution < -0.4 is 4.90 Å². The minimum absolute atomic E-state index is 0.345. The standard InChI is InChI=1S/C22H30N4O3/c1-12(2)8-17-15-6-5-7-16(15)18-19-20(29-22(18)25-17)21(24-11-23-19)26(9-13(3)27)10-14(4)28/h11-14,27-28H,5-10H2,1-4H3/t13-,14-/m0/s1. The van der Waals surface area contributed by atoms with Crippen LogP contribution in [-0.4, -0.2) is 50.5 Å². The third-order valence-corrected chi connectivity index (χ3v) is 5.41. The number of anilines is 1. The molecule has 0 bridgehead atoms. The molecule has 0 fully saturated rings. The maximum absolute atomic E-state index is 9.95. The van der Waals surface area contributed by atoms with Gasteiger partial charge in [0.25, 0.3) is 0 Å². The lowest BCUT2D eigenvalue weighted by Crippen LogP contribution is -2.37. The summed E-state index contributed by atoms with van der Waals surface area (Å²) in [7, 11) is 0. The molecule has 7 heteroatoms. The molecule has 3 heterocycles. The van der Waals surface area contributed by atoms with Crippen LogP contribution in [0, 0.1) is 5.92 Å². The average molecular weight is 399 g/mol. The van der Waals surface area contributed by atoms with Crippen LogP contribution in [0.15, 0.2) is 10.7 Å². The Balaban J connectivity index is 1.92. The van der Waals surface area contributed by atoms with Crippen LogP contribution in [0.3, 0.4) is 0 Å². The summed E-state index contributed by atoms with van der Waals surface area (Å²) in [5.41, 5.74) is 5.77. The first-order chi connectivity index (χ1) is 13.8. The predicted molar refractivity (Wildman–Crippen MR) is 113 cm³/mol. The monoisotopic (exact) mass is 398 g/mol. The molecular weight excluding hydrogens is 368 g/mol. The molecule has 0 aromatic carbocycles. The number of aromatic nitrogens is 3. The highest BCUT2D eigenvalue weighted by atomic mass is 16.3. The van der Waals surface area contributed by atoms with Crippen LogP contribution in [0.25, 0.3) is 22.2 Å². The minimum Gasteiger partial charge on any atom is -0.432 e. The molecule has 3 aromatic rings. The van der Waals surface area contributed by atoms with Crippen molar-refractivity contribution < 1.29 is 14.6 Å². The van der Waals surface area contributed by atoms with Gasteiger partial charge in [0.1, 0.15) is 11.8 Å². The number of furan rings is 1. The summed E-state index contributed by atoms with van der Waals surface area (Å²) in [5.74, 6) is 1.11. The molecule has 0 radical (unpaired) electrons. The molecule has 0 spiro atoms. The van der Waals surface area contributed by atoms with E-state index in [-0.39, 0.29) is 0 Å². The summed E-state index contributed by atoms with van der Waals surface area (Å²) in [5, 5.41) is 20.9. The van der Waals surface area contributed by atoms with Crippen molar-refractivity contribution in [2.24, 2.45) is 5.92 Å². The minimum atomic E-state index is -0.567. The van der Waals surface area contributed by atoms with Crippen molar-refractivity contribution in [2.75, 3.05) is 18.0 Å². The number of hydrogen-bond donors (Lipinski definition) is 2. The van der Waals surface area contributed by atoms with Gasteiger partial charge in [-0.3, -0.25) is 0 Å². The van der Waals surface area contributed by atoms with Crippen molar-refractivity contribution in [3.63, 3.8) is 0 Å². The maximum atomic E-state index is 9.95. The molecule has 7 nitrogen and oxygen atoms in total. The highest BCUT2D eigenvalue weighted by Gasteiger charge is 2.27. The fourth-order valence-corrected chi connectivity index (χ4v) is 4.43. The predicted octanol–water partition coefficient (Wildman–Crippen LogP) is 3.03. The molecule has 3 aromatic heterocycles. The van der Waals surface area contributed by atoms with Gasteiger partial charge in [0.05, 0.1) is 17.6 Å². The van der Waals surface area contributed by atoms with E-state index in [1.807, 2.05) is 4.90 Å². The van der Waals surface area contributed by atoms with Gasteiger partial charge in [-0.15, -0.1) is 0 Å². The molecule has 156 valence electrons.